The number of anilines is 2. The molecule has 1 aliphatic carbocycles. The van der Waals surface area contributed by atoms with Crippen LogP contribution >= 0.6 is 0 Å². The smallest absolute Gasteiger partial charge is 0.255 e. The summed E-state index contributed by atoms with van der Waals surface area (Å²) in [6.07, 6.45) is 6.51. The van der Waals surface area contributed by atoms with Crippen molar-refractivity contribution in [3.63, 3.8) is 0 Å². The fourth-order valence-corrected chi connectivity index (χ4v) is 6.15. The third-order valence-corrected chi connectivity index (χ3v) is 8.47. The predicted molar refractivity (Wildman–Crippen MR) is 124 cm³/mol. The van der Waals surface area contributed by atoms with Crippen molar-refractivity contribution in [2.75, 3.05) is 30.4 Å². The topological polar surface area (TPSA) is 69.7 Å². The molecule has 1 saturated carbocycles. The summed E-state index contributed by atoms with van der Waals surface area (Å²) in [6, 6.07) is 7.85. The summed E-state index contributed by atoms with van der Waals surface area (Å²) in [5.41, 5.74) is -0.00701. The van der Waals surface area contributed by atoms with Crippen LogP contribution in [0.4, 0.5) is 20.2 Å². The van der Waals surface area contributed by atoms with E-state index in [9.17, 15) is 22.0 Å². The lowest BCUT2D eigenvalue weighted by Gasteiger charge is -2.30. The number of carbonyl (C=O) groups excluding carboxylic acids is 1. The SMILES string of the molecule is CN(C1CCCCC1)S(=O)(=O)c1cccc(C(=O)Nc2cc(F)c(N3CCCC3)c(F)c2)c1. The second kappa shape index (κ2) is 9.77. The third-order valence-electron chi connectivity index (χ3n) is 6.56. The van der Waals surface area contributed by atoms with Gasteiger partial charge in [-0.2, -0.15) is 4.31 Å². The monoisotopic (exact) mass is 477 g/mol. The highest BCUT2D eigenvalue weighted by molar-refractivity contribution is 7.89. The van der Waals surface area contributed by atoms with Gasteiger partial charge in [-0.1, -0.05) is 25.3 Å². The molecular weight excluding hydrogens is 448 g/mol. The number of sulfonamides is 1. The molecule has 0 radical (unpaired) electrons. The fraction of sp³-hybridized carbons (Fsp3) is 0.458. The summed E-state index contributed by atoms with van der Waals surface area (Å²) >= 11 is 0. The van der Waals surface area contributed by atoms with Gasteiger partial charge in [-0.05, 0) is 56.0 Å². The first kappa shape index (κ1) is 23.6. The summed E-state index contributed by atoms with van der Waals surface area (Å²) in [6.45, 7) is 1.19. The Morgan fingerprint density at radius 1 is 1.00 bits per heavy atom. The van der Waals surface area contributed by atoms with Crippen LogP contribution in [0, 0.1) is 11.6 Å². The molecule has 1 N–H and O–H groups in total. The van der Waals surface area contributed by atoms with Crippen molar-refractivity contribution >= 4 is 27.3 Å². The average molecular weight is 478 g/mol. The van der Waals surface area contributed by atoms with Crippen LogP contribution in [0.1, 0.15) is 55.3 Å². The third kappa shape index (κ3) is 5.04. The Balaban J connectivity index is 1.52. The maximum atomic E-state index is 14.6. The molecule has 1 saturated heterocycles. The molecule has 2 aromatic rings. The van der Waals surface area contributed by atoms with Gasteiger partial charge in [0.15, 0.2) is 11.6 Å². The van der Waals surface area contributed by atoms with Crippen molar-refractivity contribution in [1.82, 2.24) is 4.31 Å². The van der Waals surface area contributed by atoms with Crippen molar-refractivity contribution in [3.05, 3.63) is 53.6 Å². The number of hydrogen-bond donors (Lipinski definition) is 1. The van der Waals surface area contributed by atoms with E-state index in [-0.39, 0.29) is 27.9 Å². The van der Waals surface area contributed by atoms with Crippen LogP contribution in [0.2, 0.25) is 0 Å². The van der Waals surface area contributed by atoms with Crippen LogP contribution in [0.25, 0.3) is 0 Å². The van der Waals surface area contributed by atoms with Gasteiger partial charge in [0.1, 0.15) is 5.69 Å². The standard InChI is InChI=1S/C24H29F2N3O3S/c1-28(19-9-3-2-4-10-19)33(31,32)20-11-7-8-17(14-20)24(30)27-18-15-21(25)23(22(26)16-18)29-12-5-6-13-29/h7-8,11,14-16,19H,2-6,9-10,12-13H2,1H3,(H,27,30). The summed E-state index contributed by atoms with van der Waals surface area (Å²) in [5, 5.41) is 2.48. The van der Waals surface area contributed by atoms with E-state index < -0.39 is 27.6 Å². The lowest BCUT2D eigenvalue weighted by Crippen LogP contribution is -2.38. The van der Waals surface area contributed by atoms with E-state index in [1.807, 2.05) is 0 Å². The van der Waals surface area contributed by atoms with Crippen molar-refractivity contribution in [1.29, 1.82) is 0 Å². The number of nitrogens with zero attached hydrogens (tertiary/aromatic N) is 2. The highest BCUT2D eigenvalue weighted by Gasteiger charge is 2.29. The highest BCUT2D eigenvalue weighted by atomic mass is 32.2. The summed E-state index contributed by atoms with van der Waals surface area (Å²) in [4.78, 5) is 14.4. The van der Waals surface area contributed by atoms with E-state index in [4.69, 9.17) is 0 Å². The molecule has 0 spiro atoms. The Hall–Kier alpha value is -2.52. The predicted octanol–water partition coefficient (Wildman–Crippen LogP) is 4.77. The molecule has 33 heavy (non-hydrogen) atoms. The zero-order valence-corrected chi connectivity index (χ0v) is 19.5. The molecule has 0 bridgehead atoms. The molecule has 178 valence electrons. The normalized spacial score (nSPS) is 17.5. The van der Waals surface area contributed by atoms with Crippen molar-refractivity contribution in [2.24, 2.45) is 0 Å². The van der Waals surface area contributed by atoms with E-state index in [0.29, 0.717) is 13.1 Å². The minimum absolute atomic E-state index is 0.0185. The largest absolute Gasteiger partial charge is 0.367 e. The van der Waals surface area contributed by atoms with Gasteiger partial charge in [0.05, 0.1) is 4.90 Å². The molecule has 1 heterocycles. The Labute approximate surface area is 193 Å². The first-order valence-corrected chi connectivity index (χ1v) is 12.8. The number of amides is 1. The van der Waals surface area contributed by atoms with E-state index in [2.05, 4.69) is 5.32 Å². The van der Waals surface area contributed by atoms with Crippen molar-refractivity contribution in [3.8, 4) is 0 Å². The van der Waals surface area contributed by atoms with E-state index in [0.717, 1.165) is 57.1 Å². The Morgan fingerprint density at radius 3 is 2.27 bits per heavy atom. The number of rotatable bonds is 6. The summed E-state index contributed by atoms with van der Waals surface area (Å²) in [7, 11) is -2.19. The van der Waals surface area contributed by atoms with E-state index >= 15 is 0 Å². The minimum atomic E-state index is -3.77. The molecule has 1 aliphatic heterocycles. The Bertz CT molecular complexity index is 1100. The van der Waals surface area contributed by atoms with Crippen LogP contribution in [-0.2, 0) is 10.0 Å². The summed E-state index contributed by atoms with van der Waals surface area (Å²) in [5.74, 6) is -2.12. The Morgan fingerprint density at radius 2 is 1.64 bits per heavy atom. The van der Waals surface area contributed by atoms with Gasteiger partial charge < -0.3 is 10.2 Å². The van der Waals surface area contributed by atoms with Gasteiger partial charge in [-0.25, -0.2) is 17.2 Å². The molecular formula is C24H29F2N3O3S. The van der Waals surface area contributed by atoms with Gasteiger partial charge in [0.25, 0.3) is 5.91 Å². The molecule has 4 rings (SSSR count). The van der Waals surface area contributed by atoms with Gasteiger partial charge in [0.2, 0.25) is 10.0 Å². The van der Waals surface area contributed by atoms with Crippen molar-refractivity contribution in [2.45, 2.75) is 55.9 Å². The van der Waals surface area contributed by atoms with E-state index in [1.165, 1.54) is 28.6 Å². The highest BCUT2D eigenvalue weighted by Crippen LogP contribution is 2.30. The maximum Gasteiger partial charge on any atom is 0.255 e. The first-order chi connectivity index (χ1) is 15.8. The van der Waals surface area contributed by atoms with Gasteiger partial charge >= 0.3 is 0 Å². The quantitative estimate of drug-likeness (QED) is 0.651. The molecule has 6 nitrogen and oxygen atoms in total. The summed E-state index contributed by atoms with van der Waals surface area (Å²) < 4.78 is 56.8. The number of benzene rings is 2. The average Bonchev–Trinajstić information content (AvgIpc) is 3.33. The molecule has 2 fully saturated rings. The Kier molecular flexibility index (Phi) is 6.99. The second-order valence-corrected chi connectivity index (χ2v) is 10.8. The molecule has 0 atom stereocenters. The second-order valence-electron chi connectivity index (χ2n) is 8.78. The molecule has 2 aliphatic rings. The molecule has 0 unspecified atom stereocenters. The van der Waals surface area contributed by atoms with Crippen LogP contribution in [0.3, 0.4) is 0 Å². The number of hydrogen-bond acceptors (Lipinski definition) is 4. The number of nitrogens with one attached hydrogen (secondary N) is 1. The van der Waals surface area contributed by atoms with Gasteiger partial charge in [0, 0.05) is 37.4 Å². The zero-order valence-electron chi connectivity index (χ0n) is 18.7. The van der Waals surface area contributed by atoms with Crippen LogP contribution < -0.4 is 10.2 Å². The van der Waals surface area contributed by atoms with Crippen LogP contribution in [0.15, 0.2) is 41.3 Å². The molecule has 1 amide bonds. The minimum Gasteiger partial charge on any atom is -0.367 e. The number of halogens is 2. The van der Waals surface area contributed by atoms with Gasteiger partial charge in [-0.15, -0.1) is 0 Å². The molecule has 9 heteroatoms. The first-order valence-electron chi connectivity index (χ1n) is 11.4. The molecule has 0 aromatic heterocycles. The van der Waals surface area contributed by atoms with E-state index in [1.54, 1.807) is 11.9 Å². The number of carbonyl (C=O) groups is 1. The van der Waals surface area contributed by atoms with Crippen LogP contribution in [0.5, 0.6) is 0 Å². The zero-order chi connectivity index (χ0) is 23.6. The fourth-order valence-electron chi connectivity index (χ4n) is 4.69. The lowest BCUT2D eigenvalue weighted by molar-refractivity contribution is 0.102. The van der Waals surface area contributed by atoms with Crippen molar-refractivity contribution < 1.29 is 22.0 Å². The molecule has 2 aromatic carbocycles. The van der Waals surface area contributed by atoms with Gasteiger partial charge in [-0.3, -0.25) is 4.79 Å². The van der Waals surface area contributed by atoms with Crippen LogP contribution in [-0.4, -0.2) is 44.8 Å². The lowest BCUT2D eigenvalue weighted by atomic mass is 9.96. The maximum absolute atomic E-state index is 14.6.